The third-order valence-electron chi connectivity index (χ3n) is 6.52. The Morgan fingerprint density at radius 1 is 1.05 bits per heavy atom. The minimum Gasteiger partial charge on any atom is -0.334 e. The molecule has 0 bridgehead atoms. The lowest BCUT2D eigenvalue weighted by molar-refractivity contribution is -0.187. The lowest BCUT2D eigenvalue weighted by Crippen LogP contribution is -2.52. The molecule has 202 valence electrons. The van der Waals surface area contributed by atoms with Crippen molar-refractivity contribution >= 4 is 34.8 Å². The third kappa shape index (κ3) is 5.98. The fourth-order valence-electron chi connectivity index (χ4n) is 4.40. The van der Waals surface area contributed by atoms with Gasteiger partial charge in [-0.15, -0.1) is 0 Å². The Morgan fingerprint density at radius 2 is 1.65 bits per heavy atom. The number of hydrogen-bond acceptors (Lipinski definition) is 5. The molecule has 14 heteroatoms. The molecule has 3 rings (SSSR count). The number of thiocarbonyl (C=S) groups is 1. The normalized spacial score (nSPS) is 18.9. The second kappa shape index (κ2) is 10.4. The van der Waals surface area contributed by atoms with Crippen molar-refractivity contribution in [2.24, 2.45) is 0 Å². The first-order valence-electron chi connectivity index (χ1n) is 11.4. The number of nitrogens with zero attached hydrogens (tertiary/aromatic N) is 5. The summed E-state index contributed by atoms with van der Waals surface area (Å²) in [6, 6.07) is 4.50. The number of nitriles is 1. The lowest BCUT2D eigenvalue weighted by Gasteiger charge is -2.35. The number of halogens is 6. The van der Waals surface area contributed by atoms with Gasteiger partial charge in [-0.25, -0.2) is 0 Å². The van der Waals surface area contributed by atoms with E-state index in [4.69, 9.17) is 17.5 Å². The van der Waals surface area contributed by atoms with Crippen LogP contribution in [0.4, 0.5) is 32.0 Å². The minimum absolute atomic E-state index is 0.0183. The predicted octanol–water partition coefficient (Wildman–Crippen LogP) is 3.78. The molecule has 2 aliphatic heterocycles. The maximum absolute atomic E-state index is 13.4. The van der Waals surface area contributed by atoms with Crippen LogP contribution in [0.15, 0.2) is 18.2 Å². The predicted molar refractivity (Wildman–Crippen MR) is 125 cm³/mol. The summed E-state index contributed by atoms with van der Waals surface area (Å²) < 4.78 is 78.0. The van der Waals surface area contributed by atoms with E-state index < -0.39 is 40.8 Å². The summed E-state index contributed by atoms with van der Waals surface area (Å²) >= 11 is 5.45. The zero-order valence-electron chi connectivity index (χ0n) is 20.1. The van der Waals surface area contributed by atoms with E-state index in [-0.39, 0.29) is 23.9 Å². The van der Waals surface area contributed by atoms with Gasteiger partial charge in [-0.05, 0) is 63.7 Å². The second-order valence-electron chi connectivity index (χ2n) is 9.31. The molecule has 2 heterocycles. The molecule has 7 nitrogen and oxygen atoms in total. The molecule has 0 aliphatic carbocycles. The molecular weight excluding hydrogens is 524 g/mol. The number of amides is 2. The van der Waals surface area contributed by atoms with Crippen LogP contribution in [0.1, 0.15) is 37.8 Å². The molecule has 0 spiro atoms. The first kappa shape index (κ1) is 28.6. The summed E-state index contributed by atoms with van der Waals surface area (Å²) in [5.41, 5.74) is -2.92. The number of carbonyl (C=O) groups is 2. The summed E-state index contributed by atoms with van der Waals surface area (Å²) in [5.74, 6) is -2.34. The third-order valence-corrected chi connectivity index (χ3v) is 6.92. The number of unbranched alkanes of at least 4 members (excludes halogenated alkanes) is 1. The van der Waals surface area contributed by atoms with E-state index in [1.54, 1.807) is 18.7 Å². The van der Waals surface area contributed by atoms with E-state index >= 15 is 0 Å². The molecule has 0 saturated carbocycles. The van der Waals surface area contributed by atoms with E-state index in [2.05, 4.69) is 0 Å². The number of piperazine rings is 1. The maximum Gasteiger partial charge on any atom is 0.471 e. The van der Waals surface area contributed by atoms with Gasteiger partial charge in [0.05, 0.1) is 22.9 Å². The highest BCUT2D eigenvalue weighted by molar-refractivity contribution is 7.80. The van der Waals surface area contributed by atoms with Gasteiger partial charge in [0.15, 0.2) is 5.11 Å². The van der Waals surface area contributed by atoms with Crippen molar-refractivity contribution in [2.45, 2.75) is 44.6 Å². The van der Waals surface area contributed by atoms with Crippen LogP contribution >= 0.6 is 12.2 Å². The number of benzene rings is 1. The molecule has 0 atom stereocenters. The fourth-order valence-corrected chi connectivity index (χ4v) is 4.91. The van der Waals surface area contributed by atoms with Gasteiger partial charge in [0.2, 0.25) is 0 Å². The minimum atomic E-state index is -4.89. The molecular formula is C23H25F6N5O2S. The highest BCUT2D eigenvalue weighted by Crippen LogP contribution is 2.38. The van der Waals surface area contributed by atoms with E-state index in [9.17, 15) is 35.9 Å². The van der Waals surface area contributed by atoms with Crippen molar-refractivity contribution in [1.29, 1.82) is 5.26 Å². The van der Waals surface area contributed by atoms with Crippen LogP contribution < -0.4 is 4.90 Å². The van der Waals surface area contributed by atoms with Crippen LogP contribution in [0.5, 0.6) is 0 Å². The zero-order chi connectivity index (χ0) is 27.8. The Balaban J connectivity index is 1.60. The summed E-state index contributed by atoms with van der Waals surface area (Å²) in [7, 11) is 0. The number of carbonyl (C=O) groups excluding carboxylic acids is 2. The van der Waals surface area contributed by atoms with E-state index in [0.717, 1.165) is 21.9 Å². The fraction of sp³-hybridized carbons (Fsp3) is 0.565. The molecule has 1 aromatic carbocycles. The van der Waals surface area contributed by atoms with E-state index in [1.165, 1.54) is 12.1 Å². The van der Waals surface area contributed by atoms with Gasteiger partial charge >= 0.3 is 18.3 Å². The molecule has 2 saturated heterocycles. The Bertz CT molecular complexity index is 1110. The van der Waals surface area contributed by atoms with Gasteiger partial charge < -0.3 is 9.80 Å². The van der Waals surface area contributed by atoms with Crippen molar-refractivity contribution in [1.82, 2.24) is 14.7 Å². The molecule has 2 aliphatic rings. The van der Waals surface area contributed by atoms with Crippen LogP contribution in [0, 0.1) is 11.3 Å². The van der Waals surface area contributed by atoms with Crippen LogP contribution in [0.3, 0.4) is 0 Å². The lowest BCUT2D eigenvalue weighted by atomic mass is 10.0. The topological polar surface area (TPSA) is 70.9 Å². The molecule has 2 fully saturated rings. The monoisotopic (exact) mass is 549 g/mol. The SMILES string of the molecule is CC1(C)C(=O)N(c2ccc(C#N)c(C(F)(F)F)c2)C(=S)N1CCCCN1CCN(C(=O)C(F)(F)F)CC1. The quantitative estimate of drug-likeness (QED) is 0.306. The molecule has 0 unspecified atom stereocenters. The van der Waals surface area contributed by atoms with Crippen molar-refractivity contribution in [2.75, 3.05) is 44.2 Å². The summed E-state index contributed by atoms with van der Waals surface area (Å²) in [4.78, 5) is 29.9. The number of anilines is 1. The second-order valence-corrected chi connectivity index (χ2v) is 9.68. The Labute approximate surface area is 215 Å². The average molecular weight is 550 g/mol. The highest BCUT2D eigenvalue weighted by atomic mass is 32.1. The van der Waals surface area contributed by atoms with Crippen molar-refractivity contribution in [3.05, 3.63) is 29.3 Å². The first-order chi connectivity index (χ1) is 17.1. The van der Waals surface area contributed by atoms with Crippen molar-refractivity contribution in [3.8, 4) is 6.07 Å². The van der Waals surface area contributed by atoms with E-state index in [0.29, 0.717) is 39.0 Å². The van der Waals surface area contributed by atoms with Crippen molar-refractivity contribution < 1.29 is 35.9 Å². The molecule has 0 N–H and O–H groups in total. The van der Waals surface area contributed by atoms with Gasteiger partial charge in [0.1, 0.15) is 5.54 Å². The van der Waals surface area contributed by atoms with Gasteiger partial charge in [0, 0.05) is 32.7 Å². The largest absolute Gasteiger partial charge is 0.471 e. The Hall–Kier alpha value is -2.92. The smallest absolute Gasteiger partial charge is 0.334 e. The van der Waals surface area contributed by atoms with Crippen LogP contribution in [-0.4, -0.2) is 82.6 Å². The average Bonchev–Trinajstić information content (AvgIpc) is 2.98. The van der Waals surface area contributed by atoms with Gasteiger partial charge in [-0.3, -0.25) is 19.4 Å². The standard InChI is InChI=1S/C23H25F6N5O2S/c1-21(2)18(35)34(16-6-5-15(14-30)17(13-16)22(24,25)26)20(37)33(21)8-4-3-7-31-9-11-32(12-10-31)19(36)23(27,28)29/h5-6,13H,3-4,7-12H2,1-2H3. The molecule has 2 amide bonds. The zero-order valence-corrected chi connectivity index (χ0v) is 20.9. The van der Waals surface area contributed by atoms with Crippen molar-refractivity contribution in [3.63, 3.8) is 0 Å². The number of alkyl halides is 6. The first-order valence-corrected chi connectivity index (χ1v) is 11.9. The Kier molecular flexibility index (Phi) is 8.09. The highest BCUT2D eigenvalue weighted by Gasteiger charge is 2.49. The number of rotatable bonds is 6. The summed E-state index contributed by atoms with van der Waals surface area (Å²) in [6.45, 7) is 4.72. The van der Waals surface area contributed by atoms with Crippen LogP contribution in [-0.2, 0) is 15.8 Å². The van der Waals surface area contributed by atoms with Crippen LogP contribution in [0.25, 0.3) is 0 Å². The maximum atomic E-state index is 13.4. The van der Waals surface area contributed by atoms with E-state index in [1.807, 2.05) is 4.90 Å². The molecule has 0 radical (unpaired) electrons. The van der Waals surface area contributed by atoms with Gasteiger partial charge in [-0.2, -0.15) is 31.6 Å². The summed E-state index contributed by atoms with van der Waals surface area (Å²) in [5, 5.41) is 9.07. The number of hydrogen-bond donors (Lipinski definition) is 0. The van der Waals surface area contributed by atoms with Crippen LogP contribution in [0.2, 0.25) is 0 Å². The van der Waals surface area contributed by atoms with Gasteiger partial charge in [0.25, 0.3) is 5.91 Å². The Morgan fingerprint density at radius 3 is 2.19 bits per heavy atom. The van der Waals surface area contributed by atoms with Gasteiger partial charge in [-0.1, -0.05) is 0 Å². The molecule has 0 aromatic heterocycles. The molecule has 37 heavy (non-hydrogen) atoms. The summed E-state index contributed by atoms with van der Waals surface area (Å²) in [6.07, 6.45) is -8.48. The molecule has 1 aromatic rings.